The molecule has 4 heteroatoms. The molecule has 0 heterocycles. The SMILES string of the molecule is CC(C)c1ccccc1-c1cc2ccccc2[cH-]1.Cc1cc2c(-c3ccccc3)cccc2[cH-]1.Cl.Cl.[CH3-].[CH3-].[Si]=[Zr]. The molecule has 6 rings (SSSR count). The summed E-state index contributed by atoms with van der Waals surface area (Å²) in [6.07, 6.45) is 0. The molecule has 0 aliphatic rings. The van der Waals surface area contributed by atoms with Crippen molar-refractivity contribution in [1.82, 2.24) is 0 Å². The normalized spacial score (nSPS) is 9.47. The second kappa shape index (κ2) is 18.3. The Morgan fingerprint density at radius 3 is 1.88 bits per heavy atom. The van der Waals surface area contributed by atoms with E-state index in [1.165, 1.54) is 78.3 Å². The van der Waals surface area contributed by atoms with Crippen LogP contribution in [0.15, 0.2) is 121 Å². The maximum absolute atomic E-state index is 3.06. The van der Waals surface area contributed by atoms with Gasteiger partial charge in [-0.25, -0.2) is 0 Å². The molecule has 0 unspecified atom stereocenters. The third-order valence-corrected chi connectivity index (χ3v) is 6.49. The Balaban J connectivity index is 0.000000657. The van der Waals surface area contributed by atoms with Crippen molar-refractivity contribution in [2.75, 3.05) is 0 Å². The summed E-state index contributed by atoms with van der Waals surface area (Å²) < 4.78 is 0. The van der Waals surface area contributed by atoms with E-state index in [2.05, 4.69) is 149 Å². The van der Waals surface area contributed by atoms with Gasteiger partial charge in [0.05, 0.1) is 0 Å². The van der Waals surface area contributed by atoms with Gasteiger partial charge in [-0.05, 0) is 11.5 Å². The van der Waals surface area contributed by atoms with Gasteiger partial charge >= 0.3 is 30.2 Å². The molecular weight excluding hydrogens is 623 g/mol. The fourth-order valence-corrected chi connectivity index (χ4v) is 4.82. The maximum atomic E-state index is 3.06. The van der Waals surface area contributed by atoms with E-state index in [9.17, 15) is 0 Å². The van der Waals surface area contributed by atoms with E-state index >= 15 is 0 Å². The minimum absolute atomic E-state index is 0. The molecule has 0 nitrogen and oxygen atoms in total. The number of benzene rings is 4. The average molecular weight is 661 g/mol. The number of fused-ring (bicyclic) bond motifs is 2. The first-order valence-electron chi connectivity index (χ1n) is 12.3. The minimum atomic E-state index is 0. The van der Waals surface area contributed by atoms with Crippen LogP contribution in [0.4, 0.5) is 0 Å². The van der Waals surface area contributed by atoms with Crippen molar-refractivity contribution in [1.29, 1.82) is 0 Å². The summed E-state index contributed by atoms with van der Waals surface area (Å²) in [5.41, 5.74) is 8.07. The van der Waals surface area contributed by atoms with Crippen molar-refractivity contribution in [3.63, 3.8) is 0 Å². The molecule has 0 amide bonds. The van der Waals surface area contributed by atoms with Crippen molar-refractivity contribution in [3.8, 4) is 22.3 Å². The van der Waals surface area contributed by atoms with Crippen LogP contribution in [-0.4, -0.2) is 6.88 Å². The summed E-state index contributed by atoms with van der Waals surface area (Å²) in [5, 5.41) is 5.34. The summed E-state index contributed by atoms with van der Waals surface area (Å²) in [4.78, 5) is 0. The summed E-state index contributed by atoms with van der Waals surface area (Å²) in [6.45, 7) is 9.71. The molecule has 0 aliphatic carbocycles. The standard InChI is InChI=1S/C18H17.C16H13.2CH3.2ClH.Si.Zr/c1-13(2)17-9-5-6-10-18(17)16-11-14-7-3-4-8-15(14)12-16;1-12-10-14-8-5-9-15(16(14)11-12)13-6-3-2-4-7-13;;;;;;/h3-13H,1-2H3;2-11H,1H3;2*1H3;2*1H;;/q4*-1;;;;. The van der Waals surface area contributed by atoms with Crippen LogP contribution in [-0.2, 0) is 23.3 Å². The van der Waals surface area contributed by atoms with E-state index in [4.69, 9.17) is 0 Å². The number of hydrogen-bond donors (Lipinski definition) is 0. The van der Waals surface area contributed by atoms with E-state index in [-0.39, 0.29) is 39.7 Å². The van der Waals surface area contributed by atoms with Gasteiger partial charge in [0, 0.05) is 0 Å². The van der Waals surface area contributed by atoms with Gasteiger partial charge in [0.15, 0.2) is 0 Å². The third-order valence-electron chi connectivity index (χ3n) is 6.49. The van der Waals surface area contributed by atoms with Gasteiger partial charge in [0.2, 0.25) is 0 Å². The van der Waals surface area contributed by atoms with Gasteiger partial charge in [-0.2, -0.15) is 6.07 Å². The molecule has 0 atom stereocenters. The Morgan fingerprint density at radius 2 is 1.20 bits per heavy atom. The van der Waals surface area contributed by atoms with Gasteiger partial charge < -0.3 is 14.9 Å². The predicted molar refractivity (Wildman–Crippen MR) is 182 cm³/mol. The first kappa shape index (κ1) is 37.8. The quantitative estimate of drug-likeness (QED) is 0.131. The molecule has 6 aromatic carbocycles. The molecule has 0 spiro atoms. The van der Waals surface area contributed by atoms with E-state index in [0.717, 1.165) is 0 Å². The monoisotopic (exact) mass is 658 g/mol. The van der Waals surface area contributed by atoms with E-state index in [1.807, 2.05) is 0 Å². The number of rotatable bonds is 3. The summed E-state index contributed by atoms with van der Waals surface area (Å²) in [6, 6.07) is 43.4. The first-order chi connectivity index (χ1) is 17.6. The van der Waals surface area contributed by atoms with Gasteiger partial charge in [-0.3, -0.25) is 0 Å². The topological polar surface area (TPSA) is 0 Å². The second-order valence-corrected chi connectivity index (χ2v) is 9.32. The van der Waals surface area contributed by atoms with Crippen LogP contribution < -0.4 is 0 Å². The van der Waals surface area contributed by atoms with Gasteiger partial charge in [-0.1, -0.05) is 116 Å². The molecule has 208 valence electrons. The first-order valence-corrected chi connectivity index (χ1v) is 16.5. The van der Waals surface area contributed by atoms with Crippen molar-refractivity contribution in [3.05, 3.63) is 147 Å². The molecule has 0 aromatic heterocycles. The average Bonchev–Trinajstić information content (AvgIpc) is 3.53. The second-order valence-electron chi connectivity index (χ2n) is 9.32. The zero-order valence-corrected chi connectivity index (χ0v) is 29.0. The fourth-order valence-electron chi connectivity index (χ4n) is 4.82. The van der Waals surface area contributed by atoms with Crippen molar-refractivity contribution >= 4 is 53.2 Å². The Labute approximate surface area is 271 Å². The van der Waals surface area contributed by atoms with Crippen LogP contribution >= 0.6 is 24.8 Å². The molecule has 0 bridgehead atoms. The third kappa shape index (κ3) is 8.89. The van der Waals surface area contributed by atoms with E-state index in [0.29, 0.717) is 5.92 Å². The molecule has 0 saturated heterocycles. The van der Waals surface area contributed by atoms with Crippen molar-refractivity contribution < 1.29 is 23.3 Å². The Kier molecular flexibility index (Phi) is 17.2. The van der Waals surface area contributed by atoms with Crippen molar-refractivity contribution in [2.45, 2.75) is 26.7 Å². The number of halogens is 2. The number of aryl methyl sites for hydroxylation is 1. The van der Waals surface area contributed by atoms with Crippen LogP contribution in [0.2, 0.25) is 0 Å². The van der Waals surface area contributed by atoms with Crippen molar-refractivity contribution in [2.24, 2.45) is 0 Å². The van der Waals surface area contributed by atoms with Crippen LogP contribution in [0.3, 0.4) is 0 Å². The van der Waals surface area contributed by atoms with Crippen LogP contribution in [0.25, 0.3) is 43.8 Å². The van der Waals surface area contributed by atoms with Gasteiger partial charge in [-0.15, -0.1) is 93.9 Å². The van der Waals surface area contributed by atoms with Crippen LogP contribution in [0.1, 0.15) is 30.9 Å². The van der Waals surface area contributed by atoms with Crippen LogP contribution in [0.5, 0.6) is 0 Å². The zero-order valence-electron chi connectivity index (χ0n) is 23.9. The number of hydrogen-bond acceptors (Lipinski definition) is 0. The fraction of sp³-hybridized carbons (Fsp3) is 0.111. The molecule has 2 radical (unpaired) electrons. The molecule has 0 N–H and O–H groups in total. The molecule has 40 heavy (non-hydrogen) atoms. The molecular formula is C36H38Cl2SiZr-4. The Hall–Kier alpha value is -2.22. The zero-order chi connectivity index (χ0) is 25.5. The van der Waals surface area contributed by atoms with E-state index in [1.54, 1.807) is 0 Å². The molecule has 0 saturated carbocycles. The Bertz CT molecular complexity index is 1530. The van der Waals surface area contributed by atoms with E-state index < -0.39 is 0 Å². The van der Waals surface area contributed by atoms with Gasteiger partial charge in [0.1, 0.15) is 0 Å². The van der Waals surface area contributed by atoms with Crippen LogP contribution in [0, 0.1) is 21.8 Å². The molecule has 6 aromatic rings. The summed E-state index contributed by atoms with van der Waals surface area (Å²) >= 11 is 1.36. The Morgan fingerprint density at radius 1 is 0.625 bits per heavy atom. The predicted octanol–water partition coefficient (Wildman–Crippen LogP) is 11.2. The summed E-state index contributed by atoms with van der Waals surface area (Å²) in [7, 11) is 0. The summed E-state index contributed by atoms with van der Waals surface area (Å²) in [5.74, 6) is 0.555. The van der Waals surface area contributed by atoms with Gasteiger partial charge in [0.25, 0.3) is 0 Å². The molecule has 0 fully saturated rings. The molecule has 0 aliphatic heterocycles.